The Bertz CT molecular complexity index is 290. The monoisotopic (exact) mass is 143 g/mol. The first kappa shape index (κ1) is 7.49. The number of hydrogen-bond donors (Lipinski definition) is 0. The molecular weight excluding hydrogens is 136 g/mol. The first-order valence-electron chi connectivity index (χ1n) is 3.19. The largest absolute Gasteiger partial charge is 0.245 e. The Hall–Kier alpha value is -1.62. The fourth-order valence-electron chi connectivity index (χ4n) is 0.706. The number of nitrogens with zero attached hydrogens (tertiary/aromatic N) is 2. The highest BCUT2D eigenvalue weighted by molar-refractivity contribution is 5.48. The van der Waals surface area contributed by atoms with Crippen molar-refractivity contribution < 1.29 is 0 Å². The molecule has 0 aromatic carbocycles. The molecule has 1 aromatic heterocycles. The molecule has 0 bridgehead atoms. The lowest BCUT2D eigenvalue weighted by molar-refractivity contribution is 1.26. The van der Waals surface area contributed by atoms with E-state index in [2.05, 4.69) is 11.9 Å². The summed E-state index contributed by atoms with van der Waals surface area (Å²) < 4.78 is 0. The average molecular weight is 143 g/mol. The molecule has 0 spiro atoms. The molecule has 1 radical (unpaired) electrons. The first-order chi connectivity index (χ1) is 5.36. The van der Waals surface area contributed by atoms with Crippen LogP contribution in [0.1, 0.15) is 11.3 Å². The van der Waals surface area contributed by atoms with Crippen LogP contribution in [0.15, 0.2) is 24.4 Å². The Kier molecular flexibility index (Phi) is 2.40. The average Bonchev–Trinajstić information content (AvgIpc) is 2.07. The van der Waals surface area contributed by atoms with Gasteiger partial charge in [0.05, 0.1) is 0 Å². The normalized spacial score (nSPS) is 9.82. The van der Waals surface area contributed by atoms with Crippen molar-refractivity contribution in [3.63, 3.8) is 0 Å². The summed E-state index contributed by atoms with van der Waals surface area (Å²) in [5.41, 5.74) is 1.39. The lowest BCUT2D eigenvalue weighted by atomic mass is 10.2. The highest BCUT2D eigenvalue weighted by Crippen LogP contribution is 2.00. The topological polar surface area (TPSA) is 36.7 Å². The summed E-state index contributed by atoms with van der Waals surface area (Å²) >= 11 is 0. The molecule has 53 valence electrons. The van der Waals surface area contributed by atoms with Gasteiger partial charge in [0, 0.05) is 6.20 Å². The summed E-state index contributed by atoms with van der Waals surface area (Å²) in [5.74, 6) is 0. The van der Waals surface area contributed by atoms with Crippen LogP contribution in [0.4, 0.5) is 0 Å². The molecule has 1 rings (SSSR count). The Balaban J connectivity index is 2.94. The van der Waals surface area contributed by atoms with Crippen LogP contribution in [0.3, 0.4) is 0 Å². The van der Waals surface area contributed by atoms with Crippen LogP contribution in [0.25, 0.3) is 6.08 Å². The van der Waals surface area contributed by atoms with Gasteiger partial charge in [-0.25, -0.2) is 4.98 Å². The lowest BCUT2D eigenvalue weighted by Gasteiger charge is -1.90. The molecule has 0 saturated heterocycles. The molecule has 0 aliphatic carbocycles. The number of aromatic nitrogens is 1. The van der Waals surface area contributed by atoms with E-state index in [-0.39, 0.29) is 0 Å². The van der Waals surface area contributed by atoms with E-state index in [4.69, 9.17) is 5.26 Å². The Morgan fingerprint density at radius 1 is 1.55 bits per heavy atom. The van der Waals surface area contributed by atoms with Crippen molar-refractivity contribution in [1.29, 1.82) is 5.26 Å². The van der Waals surface area contributed by atoms with E-state index in [1.54, 1.807) is 18.3 Å². The van der Waals surface area contributed by atoms with Crippen molar-refractivity contribution in [1.82, 2.24) is 4.98 Å². The summed E-state index contributed by atoms with van der Waals surface area (Å²) in [6, 6.07) is 5.45. The number of pyridine rings is 1. The molecule has 2 nitrogen and oxygen atoms in total. The summed E-state index contributed by atoms with van der Waals surface area (Å²) in [5, 5.41) is 8.42. The van der Waals surface area contributed by atoms with Crippen molar-refractivity contribution in [2.75, 3.05) is 0 Å². The number of allylic oxidation sites excluding steroid dienone is 1. The van der Waals surface area contributed by atoms with Gasteiger partial charge in [0.1, 0.15) is 11.8 Å². The van der Waals surface area contributed by atoms with E-state index < -0.39 is 0 Å². The molecule has 0 aliphatic heterocycles. The van der Waals surface area contributed by atoms with Gasteiger partial charge in [-0.2, -0.15) is 5.26 Å². The van der Waals surface area contributed by atoms with Gasteiger partial charge < -0.3 is 0 Å². The van der Waals surface area contributed by atoms with Gasteiger partial charge in [0.25, 0.3) is 0 Å². The summed E-state index contributed by atoms with van der Waals surface area (Å²) in [6.07, 6.45) is 5.15. The maximum atomic E-state index is 8.42. The minimum atomic E-state index is 0.436. The van der Waals surface area contributed by atoms with Gasteiger partial charge in [-0.15, -0.1) is 0 Å². The Morgan fingerprint density at radius 2 is 2.36 bits per heavy atom. The molecule has 0 amide bonds. The SMILES string of the molecule is [CH2]/C=C/c1ccc(C#N)nc1. The molecular formula is C9H7N2. The number of hydrogen-bond acceptors (Lipinski definition) is 2. The third-order valence-corrected chi connectivity index (χ3v) is 1.21. The maximum Gasteiger partial charge on any atom is 0.140 e. The molecule has 0 atom stereocenters. The van der Waals surface area contributed by atoms with Gasteiger partial charge in [-0.3, -0.25) is 0 Å². The second kappa shape index (κ2) is 3.52. The second-order valence-corrected chi connectivity index (χ2v) is 1.99. The van der Waals surface area contributed by atoms with Gasteiger partial charge in [-0.05, 0) is 18.6 Å². The number of rotatable bonds is 1. The van der Waals surface area contributed by atoms with Gasteiger partial charge in [-0.1, -0.05) is 18.2 Å². The zero-order valence-electron chi connectivity index (χ0n) is 5.99. The van der Waals surface area contributed by atoms with E-state index in [0.29, 0.717) is 5.69 Å². The molecule has 1 aromatic rings. The Labute approximate surface area is 65.8 Å². The molecule has 2 heteroatoms. The minimum absolute atomic E-state index is 0.436. The molecule has 0 aliphatic rings. The highest BCUT2D eigenvalue weighted by atomic mass is 14.7. The van der Waals surface area contributed by atoms with Crippen LogP contribution in [0, 0.1) is 18.3 Å². The number of nitriles is 1. The van der Waals surface area contributed by atoms with E-state index in [1.807, 2.05) is 18.2 Å². The second-order valence-electron chi connectivity index (χ2n) is 1.99. The smallest absolute Gasteiger partial charge is 0.140 e. The molecule has 0 N–H and O–H groups in total. The van der Waals surface area contributed by atoms with Crippen LogP contribution >= 0.6 is 0 Å². The lowest BCUT2D eigenvalue weighted by Crippen LogP contribution is -1.81. The first-order valence-corrected chi connectivity index (χ1v) is 3.19. The zero-order chi connectivity index (χ0) is 8.10. The van der Waals surface area contributed by atoms with Gasteiger partial charge >= 0.3 is 0 Å². The van der Waals surface area contributed by atoms with Crippen molar-refractivity contribution in [2.24, 2.45) is 0 Å². The maximum absolute atomic E-state index is 8.42. The summed E-state index contributed by atoms with van der Waals surface area (Å²) in [4.78, 5) is 3.88. The van der Waals surface area contributed by atoms with Crippen LogP contribution in [0.2, 0.25) is 0 Å². The predicted octanol–water partition coefficient (Wildman–Crippen LogP) is 1.80. The zero-order valence-corrected chi connectivity index (χ0v) is 5.99. The van der Waals surface area contributed by atoms with Crippen molar-refractivity contribution in [3.05, 3.63) is 42.6 Å². The van der Waals surface area contributed by atoms with Crippen LogP contribution in [0.5, 0.6) is 0 Å². The van der Waals surface area contributed by atoms with Crippen molar-refractivity contribution in [3.8, 4) is 6.07 Å². The summed E-state index contributed by atoms with van der Waals surface area (Å²) in [7, 11) is 0. The standard InChI is InChI=1S/C9H7N2/c1-2-3-8-4-5-9(6-10)11-7-8/h2-5,7H,1H2/b3-2+. The van der Waals surface area contributed by atoms with Crippen LogP contribution in [-0.4, -0.2) is 4.98 Å². The fourth-order valence-corrected chi connectivity index (χ4v) is 0.706. The molecule has 11 heavy (non-hydrogen) atoms. The van der Waals surface area contributed by atoms with E-state index in [1.165, 1.54) is 0 Å². The third kappa shape index (κ3) is 1.91. The highest BCUT2D eigenvalue weighted by Gasteiger charge is 1.88. The molecule has 1 heterocycles. The molecule has 0 fully saturated rings. The van der Waals surface area contributed by atoms with Gasteiger partial charge in [0.2, 0.25) is 0 Å². The molecule has 0 saturated carbocycles. The van der Waals surface area contributed by atoms with Crippen LogP contribution in [-0.2, 0) is 0 Å². The van der Waals surface area contributed by atoms with Crippen LogP contribution < -0.4 is 0 Å². The van der Waals surface area contributed by atoms with E-state index in [0.717, 1.165) is 5.56 Å². The fraction of sp³-hybridized carbons (Fsp3) is 0. The summed E-state index contributed by atoms with van der Waals surface area (Å²) in [6.45, 7) is 3.55. The Morgan fingerprint density at radius 3 is 2.82 bits per heavy atom. The predicted molar refractivity (Wildman–Crippen MR) is 43.3 cm³/mol. The quantitative estimate of drug-likeness (QED) is 0.601. The molecule has 0 unspecified atom stereocenters. The third-order valence-electron chi connectivity index (χ3n) is 1.21. The van der Waals surface area contributed by atoms with E-state index >= 15 is 0 Å². The van der Waals surface area contributed by atoms with Crippen molar-refractivity contribution in [2.45, 2.75) is 0 Å². The van der Waals surface area contributed by atoms with Gasteiger partial charge in [0.15, 0.2) is 0 Å². The van der Waals surface area contributed by atoms with E-state index in [9.17, 15) is 0 Å². The minimum Gasteiger partial charge on any atom is -0.245 e. The van der Waals surface area contributed by atoms with Crippen molar-refractivity contribution >= 4 is 6.08 Å².